The minimum absolute atomic E-state index is 0.0788. The first-order valence-corrected chi connectivity index (χ1v) is 10.5. The Kier molecular flexibility index (Phi) is 7.71. The van der Waals surface area contributed by atoms with Crippen LogP contribution in [0.1, 0.15) is 25.3 Å². The molecule has 3 N–H and O–H groups in total. The average Bonchev–Trinajstić information content (AvgIpc) is 3.03. The Hall–Kier alpha value is -2.32. The molecule has 9 heteroatoms. The molecule has 2 aliphatic rings. The number of nitrogens with one attached hydrogen (secondary N) is 3. The van der Waals surface area contributed by atoms with Gasteiger partial charge in [0.25, 0.3) is 0 Å². The van der Waals surface area contributed by atoms with Gasteiger partial charge in [-0.3, -0.25) is 19.6 Å². The summed E-state index contributed by atoms with van der Waals surface area (Å²) in [6.07, 6.45) is 2.07. The highest BCUT2D eigenvalue weighted by Gasteiger charge is 2.27. The van der Waals surface area contributed by atoms with E-state index in [1.54, 1.807) is 0 Å². The quantitative estimate of drug-likeness (QED) is 0.352. The van der Waals surface area contributed by atoms with Crippen molar-refractivity contribution < 1.29 is 9.59 Å². The second-order valence-electron chi connectivity index (χ2n) is 7.29. The molecule has 0 aromatic heterocycles. The SMILES string of the molecule is CCNC(=NCCN1C(=O)CNC1=O)NC1CCN(Cc2ccc(Cl)cc2)CC1. The molecule has 8 nitrogen and oxygen atoms in total. The first-order chi connectivity index (χ1) is 14.0. The van der Waals surface area contributed by atoms with Crippen LogP contribution in [0.4, 0.5) is 4.79 Å². The van der Waals surface area contributed by atoms with Crippen LogP contribution in [0.5, 0.6) is 0 Å². The van der Waals surface area contributed by atoms with Gasteiger partial charge < -0.3 is 16.0 Å². The molecule has 0 radical (unpaired) electrons. The van der Waals surface area contributed by atoms with Gasteiger partial charge in [0.05, 0.1) is 19.6 Å². The lowest BCUT2D eigenvalue weighted by Crippen LogP contribution is -2.48. The van der Waals surface area contributed by atoms with Crippen LogP contribution in [-0.2, 0) is 11.3 Å². The number of guanidine groups is 1. The van der Waals surface area contributed by atoms with Gasteiger partial charge in [-0.25, -0.2) is 4.79 Å². The molecule has 0 aliphatic carbocycles. The highest BCUT2D eigenvalue weighted by atomic mass is 35.5. The normalized spacial score (nSPS) is 18.8. The second kappa shape index (κ2) is 10.5. The highest BCUT2D eigenvalue weighted by Crippen LogP contribution is 2.16. The number of carbonyl (C=O) groups excluding carboxylic acids is 2. The molecule has 0 saturated carbocycles. The van der Waals surface area contributed by atoms with E-state index in [1.165, 1.54) is 10.5 Å². The van der Waals surface area contributed by atoms with Crippen molar-refractivity contribution in [1.82, 2.24) is 25.8 Å². The van der Waals surface area contributed by atoms with Gasteiger partial charge in [-0.05, 0) is 37.5 Å². The molecule has 2 fully saturated rings. The molecule has 0 atom stereocenters. The monoisotopic (exact) mass is 420 g/mol. The smallest absolute Gasteiger partial charge is 0.324 e. The third kappa shape index (κ3) is 6.33. The van der Waals surface area contributed by atoms with Crippen LogP contribution in [0.25, 0.3) is 0 Å². The van der Waals surface area contributed by atoms with Crippen LogP contribution in [-0.4, -0.2) is 73.0 Å². The summed E-state index contributed by atoms with van der Waals surface area (Å²) in [6.45, 7) is 6.49. The van der Waals surface area contributed by atoms with Crippen LogP contribution in [0.2, 0.25) is 5.02 Å². The van der Waals surface area contributed by atoms with Gasteiger partial charge in [-0.1, -0.05) is 23.7 Å². The predicted octanol–water partition coefficient (Wildman–Crippen LogP) is 1.41. The van der Waals surface area contributed by atoms with E-state index in [2.05, 4.69) is 38.0 Å². The maximum atomic E-state index is 11.6. The first kappa shape index (κ1) is 21.4. The van der Waals surface area contributed by atoms with E-state index < -0.39 is 0 Å². The summed E-state index contributed by atoms with van der Waals surface area (Å²) in [7, 11) is 0. The number of rotatable bonds is 7. The summed E-state index contributed by atoms with van der Waals surface area (Å²) in [6, 6.07) is 8.04. The summed E-state index contributed by atoms with van der Waals surface area (Å²) < 4.78 is 0. The van der Waals surface area contributed by atoms with Gasteiger partial charge in [0.2, 0.25) is 5.91 Å². The van der Waals surface area contributed by atoms with E-state index in [9.17, 15) is 9.59 Å². The van der Waals surface area contributed by atoms with Gasteiger partial charge in [0, 0.05) is 37.2 Å². The molecule has 0 spiro atoms. The minimum Gasteiger partial charge on any atom is -0.357 e. The number of carbonyl (C=O) groups is 2. The van der Waals surface area contributed by atoms with Crippen LogP contribution < -0.4 is 16.0 Å². The van der Waals surface area contributed by atoms with Crippen molar-refractivity contribution in [3.63, 3.8) is 0 Å². The fourth-order valence-corrected chi connectivity index (χ4v) is 3.67. The fraction of sp³-hybridized carbons (Fsp3) is 0.550. The molecule has 2 aliphatic heterocycles. The Labute approximate surface area is 176 Å². The van der Waals surface area contributed by atoms with Crippen molar-refractivity contribution >= 4 is 29.5 Å². The lowest BCUT2D eigenvalue weighted by molar-refractivity contribution is -0.124. The lowest BCUT2D eigenvalue weighted by Gasteiger charge is -2.33. The third-order valence-electron chi connectivity index (χ3n) is 5.12. The summed E-state index contributed by atoms with van der Waals surface area (Å²) in [5.41, 5.74) is 1.27. The topological polar surface area (TPSA) is 89.1 Å². The molecule has 1 aromatic carbocycles. The Bertz CT molecular complexity index is 715. The number of hydrogen-bond donors (Lipinski definition) is 3. The van der Waals surface area contributed by atoms with Crippen LogP contribution >= 0.6 is 11.6 Å². The van der Waals surface area contributed by atoms with E-state index >= 15 is 0 Å². The number of hydrogen-bond acceptors (Lipinski definition) is 4. The summed E-state index contributed by atoms with van der Waals surface area (Å²) in [5.74, 6) is 0.534. The van der Waals surface area contributed by atoms with E-state index in [-0.39, 0.29) is 18.5 Å². The molecule has 1 aromatic rings. The van der Waals surface area contributed by atoms with Gasteiger partial charge in [0.15, 0.2) is 5.96 Å². The molecule has 29 heavy (non-hydrogen) atoms. The largest absolute Gasteiger partial charge is 0.357 e. The van der Waals surface area contributed by atoms with E-state index in [0.717, 1.165) is 50.0 Å². The Morgan fingerprint density at radius 1 is 1.24 bits per heavy atom. The van der Waals surface area contributed by atoms with Gasteiger partial charge in [-0.15, -0.1) is 0 Å². The summed E-state index contributed by atoms with van der Waals surface area (Å²) in [5, 5.41) is 10.0. The molecule has 3 rings (SSSR count). The van der Waals surface area contributed by atoms with Crippen molar-refractivity contribution in [1.29, 1.82) is 0 Å². The van der Waals surface area contributed by atoms with E-state index in [1.807, 2.05) is 19.1 Å². The number of halogens is 1. The highest BCUT2D eigenvalue weighted by molar-refractivity contribution is 6.30. The average molecular weight is 421 g/mol. The molecule has 0 unspecified atom stereocenters. The van der Waals surface area contributed by atoms with Crippen molar-refractivity contribution in [3.05, 3.63) is 34.9 Å². The van der Waals surface area contributed by atoms with Gasteiger partial charge >= 0.3 is 6.03 Å². The number of nitrogens with zero attached hydrogens (tertiary/aromatic N) is 3. The third-order valence-corrected chi connectivity index (χ3v) is 5.37. The zero-order chi connectivity index (χ0) is 20.6. The van der Waals surface area contributed by atoms with Crippen LogP contribution in [0.15, 0.2) is 29.3 Å². The van der Waals surface area contributed by atoms with Gasteiger partial charge in [0.1, 0.15) is 0 Å². The molecule has 2 saturated heterocycles. The van der Waals surface area contributed by atoms with Crippen molar-refractivity contribution in [2.45, 2.75) is 32.4 Å². The summed E-state index contributed by atoms with van der Waals surface area (Å²) in [4.78, 5) is 31.4. The minimum atomic E-state index is -0.337. The van der Waals surface area contributed by atoms with E-state index in [4.69, 9.17) is 11.6 Å². The van der Waals surface area contributed by atoms with Crippen LogP contribution in [0, 0.1) is 0 Å². The molecule has 2 heterocycles. The standard InChI is InChI=1S/C20H29ClN6O2/c1-2-22-19(23-9-12-27-18(28)13-24-20(27)29)25-17-7-10-26(11-8-17)14-15-3-5-16(21)6-4-15/h3-6,17H,2,7-14H2,1H3,(H,24,29)(H2,22,23,25). The molecule has 3 amide bonds. The van der Waals surface area contributed by atoms with Crippen molar-refractivity contribution in [2.75, 3.05) is 39.3 Å². The number of amides is 3. The molecular formula is C20H29ClN6O2. The second-order valence-corrected chi connectivity index (χ2v) is 7.72. The number of imide groups is 1. The maximum absolute atomic E-state index is 11.6. The van der Waals surface area contributed by atoms with Crippen molar-refractivity contribution in [3.8, 4) is 0 Å². The molecule has 158 valence electrons. The number of aliphatic imine (C=N–C) groups is 1. The number of benzene rings is 1. The number of likely N-dealkylation sites (tertiary alicyclic amines) is 1. The Morgan fingerprint density at radius 3 is 2.59 bits per heavy atom. The van der Waals surface area contributed by atoms with E-state index in [0.29, 0.717) is 19.1 Å². The predicted molar refractivity (Wildman–Crippen MR) is 114 cm³/mol. The fourth-order valence-electron chi connectivity index (χ4n) is 3.54. The zero-order valence-electron chi connectivity index (χ0n) is 16.8. The Balaban J connectivity index is 1.44. The zero-order valence-corrected chi connectivity index (χ0v) is 17.5. The number of piperidine rings is 1. The first-order valence-electron chi connectivity index (χ1n) is 10.1. The van der Waals surface area contributed by atoms with Crippen LogP contribution in [0.3, 0.4) is 0 Å². The summed E-state index contributed by atoms with van der Waals surface area (Å²) >= 11 is 5.96. The molecule has 0 bridgehead atoms. The lowest BCUT2D eigenvalue weighted by atomic mass is 10.0. The maximum Gasteiger partial charge on any atom is 0.324 e. The van der Waals surface area contributed by atoms with Gasteiger partial charge in [-0.2, -0.15) is 0 Å². The Morgan fingerprint density at radius 2 is 1.97 bits per heavy atom. The molecular weight excluding hydrogens is 392 g/mol. The van der Waals surface area contributed by atoms with Crippen molar-refractivity contribution in [2.24, 2.45) is 4.99 Å². The number of urea groups is 1.